The maximum absolute atomic E-state index is 11.0. The molecule has 0 saturated carbocycles. The van der Waals surface area contributed by atoms with E-state index < -0.39 is 18.6 Å². The van der Waals surface area contributed by atoms with E-state index in [-0.39, 0.29) is 10.8 Å². The van der Waals surface area contributed by atoms with Gasteiger partial charge in [0.2, 0.25) is 0 Å². The normalized spacial score (nSPS) is 14.6. The average molecular weight is 379 g/mol. The summed E-state index contributed by atoms with van der Waals surface area (Å²) in [5, 5.41) is 4.88. The van der Waals surface area contributed by atoms with Crippen LogP contribution in [0.2, 0.25) is 11.6 Å². The maximum Gasteiger partial charge on any atom is 0.380 e. The molecule has 0 spiro atoms. The molecule has 0 fully saturated rings. The smallest absolute Gasteiger partial charge is 0.380 e. The van der Waals surface area contributed by atoms with Crippen molar-refractivity contribution in [3.8, 4) is 11.5 Å². The van der Waals surface area contributed by atoms with Gasteiger partial charge >= 0.3 is 10.3 Å². The maximum atomic E-state index is 11.0. The SMILES string of the molecule is CC(C)(C)[Si](C)(Cc1ccc(OS(N)(=O)=O)cc1)Oc1[c]cccc1. The highest BCUT2D eigenvalue weighted by Crippen LogP contribution is 2.39. The van der Waals surface area contributed by atoms with Crippen LogP contribution in [0, 0.1) is 6.07 Å². The Balaban J connectivity index is 2.22. The standard InChI is InChI=1S/C18H24NO4SSi/c1-18(2,3)25(4,23-17-8-6-5-7-9-17)14-15-10-12-16(13-11-15)22-24(19,20)21/h5-8,10-13H,14H2,1-4H3,(H2,19,20,21). The largest absolute Gasteiger partial charge is 0.542 e. The van der Waals surface area contributed by atoms with Crippen molar-refractivity contribution in [3.05, 3.63) is 60.2 Å². The summed E-state index contributed by atoms with van der Waals surface area (Å²) in [5.41, 5.74) is 1.06. The molecule has 1 radical (unpaired) electrons. The van der Waals surface area contributed by atoms with E-state index in [2.05, 4.69) is 37.6 Å². The molecule has 0 saturated heterocycles. The number of hydrogen-bond donors (Lipinski definition) is 1. The molecule has 7 heteroatoms. The molecule has 0 aliphatic carbocycles. The molecule has 2 rings (SSSR count). The Morgan fingerprint density at radius 3 is 2.24 bits per heavy atom. The quantitative estimate of drug-likeness (QED) is 0.779. The third kappa shape index (κ3) is 5.59. The number of rotatable bonds is 6. The van der Waals surface area contributed by atoms with Crippen LogP contribution in [-0.4, -0.2) is 16.7 Å². The minimum atomic E-state index is -4.01. The van der Waals surface area contributed by atoms with Gasteiger partial charge in [0, 0.05) is 12.1 Å². The van der Waals surface area contributed by atoms with Crippen LogP contribution in [0.4, 0.5) is 0 Å². The van der Waals surface area contributed by atoms with Gasteiger partial charge in [-0.3, -0.25) is 0 Å². The number of para-hydroxylation sites is 1. The van der Waals surface area contributed by atoms with Gasteiger partial charge in [-0.25, -0.2) is 0 Å². The van der Waals surface area contributed by atoms with E-state index in [9.17, 15) is 8.42 Å². The van der Waals surface area contributed by atoms with Crippen molar-refractivity contribution in [3.63, 3.8) is 0 Å². The van der Waals surface area contributed by atoms with Gasteiger partial charge in [0.1, 0.15) is 11.5 Å². The molecule has 0 aliphatic rings. The van der Waals surface area contributed by atoms with Crippen LogP contribution in [0.1, 0.15) is 26.3 Å². The highest BCUT2D eigenvalue weighted by atomic mass is 32.2. The number of hydrogen-bond acceptors (Lipinski definition) is 4. The summed E-state index contributed by atoms with van der Waals surface area (Å²) in [4.78, 5) is 0. The fraction of sp³-hybridized carbons (Fsp3) is 0.333. The van der Waals surface area contributed by atoms with E-state index in [1.165, 1.54) is 0 Å². The zero-order chi connectivity index (χ0) is 18.7. The van der Waals surface area contributed by atoms with Crippen molar-refractivity contribution >= 4 is 18.6 Å². The first-order valence-electron chi connectivity index (χ1n) is 7.95. The lowest BCUT2D eigenvalue weighted by Gasteiger charge is -2.39. The van der Waals surface area contributed by atoms with Crippen LogP contribution in [0.5, 0.6) is 11.5 Å². The third-order valence-corrected chi connectivity index (χ3v) is 9.63. The van der Waals surface area contributed by atoms with Crippen molar-refractivity contribution in [2.45, 2.75) is 38.4 Å². The van der Waals surface area contributed by atoms with Crippen LogP contribution in [-0.2, 0) is 16.3 Å². The first-order chi connectivity index (χ1) is 11.5. The van der Waals surface area contributed by atoms with Crippen molar-refractivity contribution in [2.75, 3.05) is 0 Å². The first kappa shape index (κ1) is 19.5. The van der Waals surface area contributed by atoms with Crippen LogP contribution in [0.15, 0.2) is 48.5 Å². The van der Waals surface area contributed by atoms with E-state index in [0.717, 1.165) is 17.4 Å². The van der Waals surface area contributed by atoms with Gasteiger partial charge < -0.3 is 8.61 Å². The molecule has 5 nitrogen and oxygen atoms in total. The third-order valence-electron chi connectivity index (χ3n) is 4.28. The Bertz CT molecular complexity index is 801. The molecule has 2 N–H and O–H groups in total. The predicted octanol–water partition coefficient (Wildman–Crippen LogP) is 3.61. The van der Waals surface area contributed by atoms with Crippen molar-refractivity contribution in [2.24, 2.45) is 5.14 Å². The Kier molecular flexibility index (Phi) is 5.61. The molecule has 0 heterocycles. The van der Waals surface area contributed by atoms with Crippen molar-refractivity contribution in [1.82, 2.24) is 0 Å². The van der Waals surface area contributed by atoms with E-state index >= 15 is 0 Å². The highest BCUT2D eigenvalue weighted by Gasteiger charge is 2.44. The van der Waals surface area contributed by atoms with Gasteiger partial charge in [-0.2, -0.15) is 13.6 Å². The topological polar surface area (TPSA) is 78.6 Å². The van der Waals surface area contributed by atoms with Gasteiger partial charge in [0.25, 0.3) is 8.32 Å². The lowest BCUT2D eigenvalue weighted by molar-refractivity contribution is 0.479. The Labute approximate surface area is 151 Å². The summed E-state index contributed by atoms with van der Waals surface area (Å²) < 4.78 is 33.1. The monoisotopic (exact) mass is 378 g/mol. The molecule has 2 aromatic rings. The van der Waals surface area contributed by atoms with Gasteiger partial charge in [-0.15, -0.1) is 0 Å². The second-order valence-corrected chi connectivity index (χ2v) is 12.9. The van der Waals surface area contributed by atoms with E-state index in [4.69, 9.17) is 9.56 Å². The molecular formula is C18H24NO4SSi. The summed E-state index contributed by atoms with van der Waals surface area (Å²) in [6, 6.07) is 18.4. The molecule has 0 aromatic heterocycles. The zero-order valence-corrected chi connectivity index (χ0v) is 16.8. The molecule has 0 amide bonds. The van der Waals surface area contributed by atoms with Crippen molar-refractivity contribution < 1.29 is 17.0 Å². The number of benzene rings is 2. The van der Waals surface area contributed by atoms with Crippen LogP contribution < -0.4 is 13.7 Å². The summed E-state index contributed by atoms with van der Waals surface area (Å²) in [6.45, 7) is 8.74. The summed E-state index contributed by atoms with van der Waals surface area (Å²) in [7, 11) is -6.22. The van der Waals surface area contributed by atoms with Crippen LogP contribution >= 0.6 is 0 Å². The molecular weight excluding hydrogens is 354 g/mol. The van der Waals surface area contributed by atoms with Crippen LogP contribution in [0.3, 0.4) is 0 Å². The summed E-state index contributed by atoms with van der Waals surface area (Å²) in [5.74, 6) is 0.948. The molecule has 135 valence electrons. The van der Waals surface area contributed by atoms with Crippen LogP contribution in [0.25, 0.3) is 0 Å². The fourth-order valence-corrected chi connectivity index (χ4v) is 5.24. The predicted molar refractivity (Wildman–Crippen MR) is 101 cm³/mol. The Morgan fingerprint density at radius 1 is 1.12 bits per heavy atom. The lowest BCUT2D eigenvalue weighted by atomic mass is 10.2. The minimum Gasteiger partial charge on any atom is -0.542 e. The molecule has 0 bridgehead atoms. The van der Waals surface area contributed by atoms with Gasteiger partial charge in [-0.1, -0.05) is 51.1 Å². The average Bonchev–Trinajstić information content (AvgIpc) is 2.48. The lowest BCUT2D eigenvalue weighted by Crippen LogP contribution is -2.49. The summed E-state index contributed by atoms with van der Waals surface area (Å²) in [6.07, 6.45) is 0. The Morgan fingerprint density at radius 2 is 1.76 bits per heavy atom. The van der Waals surface area contributed by atoms with Gasteiger partial charge in [0.05, 0.1) is 0 Å². The zero-order valence-electron chi connectivity index (χ0n) is 14.9. The second-order valence-electron chi connectivity index (χ2n) is 7.21. The van der Waals surface area contributed by atoms with Gasteiger partial charge in [0.15, 0.2) is 0 Å². The molecule has 1 atom stereocenters. The molecule has 25 heavy (non-hydrogen) atoms. The second kappa shape index (κ2) is 7.19. The fourth-order valence-electron chi connectivity index (χ4n) is 2.32. The molecule has 0 aliphatic heterocycles. The highest BCUT2D eigenvalue weighted by molar-refractivity contribution is 7.84. The first-order valence-corrected chi connectivity index (χ1v) is 12.0. The molecule has 2 aromatic carbocycles. The Hall–Kier alpha value is -1.83. The number of nitrogens with two attached hydrogens (primary N) is 1. The van der Waals surface area contributed by atoms with Gasteiger partial charge in [-0.05, 0) is 35.3 Å². The van der Waals surface area contributed by atoms with E-state index in [0.29, 0.717) is 0 Å². The van der Waals surface area contributed by atoms with E-state index in [1.807, 2.05) is 36.4 Å². The molecule has 1 unspecified atom stereocenters. The van der Waals surface area contributed by atoms with Crippen molar-refractivity contribution in [1.29, 1.82) is 0 Å². The summed E-state index contributed by atoms with van der Waals surface area (Å²) >= 11 is 0. The minimum absolute atomic E-state index is 0.00749. The van der Waals surface area contributed by atoms with E-state index in [1.54, 1.807) is 12.1 Å².